The second kappa shape index (κ2) is 7.11. The van der Waals surface area contributed by atoms with Crippen LogP contribution in [0.2, 0.25) is 5.02 Å². The fraction of sp³-hybridized carbons (Fsp3) is 0.188. The number of anilines is 1. The molecule has 0 saturated heterocycles. The van der Waals surface area contributed by atoms with E-state index >= 15 is 0 Å². The smallest absolute Gasteiger partial charge is 0.272 e. The van der Waals surface area contributed by atoms with E-state index in [1.54, 1.807) is 38.1 Å². The summed E-state index contributed by atoms with van der Waals surface area (Å²) in [6.45, 7) is 3.20. The Morgan fingerprint density at radius 2 is 2.00 bits per heavy atom. The molecule has 1 atom stereocenters. The maximum absolute atomic E-state index is 12.1. The molecule has 0 aliphatic heterocycles. The lowest BCUT2D eigenvalue weighted by atomic mass is 10.2. The summed E-state index contributed by atoms with van der Waals surface area (Å²) in [5.74, 6) is 0.0176. The molecule has 0 aromatic heterocycles. The van der Waals surface area contributed by atoms with E-state index in [-0.39, 0.29) is 11.6 Å². The fourth-order valence-corrected chi connectivity index (χ4v) is 2.14. The molecule has 120 valence electrons. The number of para-hydroxylation sites is 1. The number of hydrogen-bond acceptors (Lipinski definition) is 4. The summed E-state index contributed by atoms with van der Waals surface area (Å²) in [5.41, 5.74) is 0.964. The van der Waals surface area contributed by atoms with E-state index in [9.17, 15) is 14.9 Å². The fourth-order valence-electron chi connectivity index (χ4n) is 1.96. The zero-order chi connectivity index (χ0) is 17.0. The van der Waals surface area contributed by atoms with Gasteiger partial charge in [-0.05, 0) is 38.1 Å². The first-order valence-electron chi connectivity index (χ1n) is 6.85. The number of nitro benzene ring substituents is 1. The zero-order valence-corrected chi connectivity index (χ0v) is 13.3. The number of nitro groups is 1. The molecule has 0 radical (unpaired) electrons. The molecule has 0 heterocycles. The van der Waals surface area contributed by atoms with E-state index in [0.29, 0.717) is 22.0 Å². The molecule has 1 amide bonds. The van der Waals surface area contributed by atoms with Crippen LogP contribution in [0.25, 0.3) is 0 Å². The van der Waals surface area contributed by atoms with Crippen molar-refractivity contribution >= 4 is 28.9 Å². The van der Waals surface area contributed by atoms with Crippen LogP contribution in [0.1, 0.15) is 12.5 Å². The van der Waals surface area contributed by atoms with E-state index in [2.05, 4.69) is 5.32 Å². The number of nitrogens with zero attached hydrogens (tertiary/aromatic N) is 1. The van der Waals surface area contributed by atoms with Gasteiger partial charge < -0.3 is 10.1 Å². The molecular formula is C16H15ClN2O4. The van der Waals surface area contributed by atoms with Crippen molar-refractivity contribution in [1.82, 2.24) is 0 Å². The average molecular weight is 335 g/mol. The van der Waals surface area contributed by atoms with Gasteiger partial charge in [0.25, 0.3) is 11.6 Å². The molecule has 23 heavy (non-hydrogen) atoms. The Labute approximate surface area is 138 Å². The molecule has 0 aliphatic rings. The second-order valence-corrected chi connectivity index (χ2v) is 5.34. The average Bonchev–Trinajstić information content (AvgIpc) is 2.49. The van der Waals surface area contributed by atoms with E-state index in [0.717, 1.165) is 0 Å². The molecule has 0 spiro atoms. The summed E-state index contributed by atoms with van der Waals surface area (Å²) in [6.07, 6.45) is -0.785. The monoisotopic (exact) mass is 334 g/mol. The van der Waals surface area contributed by atoms with Gasteiger partial charge in [0.2, 0.25) is 0 Å². The summed E-state index contributed by atoms with van der Waals surface area (Å²) < 4.78 is 5.53. The summed E-state index contributed by atoms with van der Waals surface area (Å²) in [6, 6.07) is 11.2. The molecule has 1 N–H and O–H groups in total. The highest BCUT2D eigenvalue weighted by atomic mass is 35.5. The normalized spacial score (nSPS) is 11.6. The highest BCUT2D eigenvalue weighted by Crippen LogP contribution is 2.24. The molecule has 0 fully saturated rings. The Hall–Kier alpha value is -2.60. The van der Waals surface area contributed by atoms with Crippen molar-refractivity contribution in [2.45, 2.75) is 20.0 Å². The van der Waals surface area contributed by atoms with Crippen LogP contribution in [-0.2, 0) is 4.79 Å². The first-order chi connectivity index (χ1) is 10.9. The predicted octanol–water partition coefficient (Wildman–Crippen LogP) is 3.96. The van der Waals surface area contributed by atoms with E-state index < -0.39 is 11.0 Å². The molecule has 0 unspecified atom stereocenters. The maximum Gasteiger partial charge on any atom is 0.272 e. The number of carbonyl (C=O) groups is 1. The number of ether oxygens (including phenoxy) is 1. The Bertz CT molecular complexity index is 749. The van der Waals surface area contributed by atoms with Gasteiger partial charge in [0, 0.05) is 11.6 Å². The van der Waals surface area contributed by atoms with Crippen LogP contribution in [0.3, 0.4) is 0 Å². The Balaban J connectivity index is 2.05. The van der Waals surface area contributed by atoms with Crippen molar-refractivity contribution in [3.63, 3.8) is 0 Å². The number of benzene rings is 2. The van der Waals surface area contributed by atoms with Crippen LogP contribution in [-0.4, -0.2) is 16.9 Å². The van der Waals surface area contributed by atoms with Gasteiger partial charge in [-0.3, -0.25) is 14.9 Å². The largest absolute Gasteiger partial charge is 0.481 e. The highest BCUT2D eigenvalue weighted by molar-refractivity contribution is 6.33. The zero-order valence-electron chi connectivity index (χ0n) is 12.6. The van der Waals surface area contributed by atoms with Crippen LogP contribution in [0.4, 0.5) is 11.4 Å². The minimum atomic E-state index is -0.785. The molecule has 0 aliphatic carbocycles. The SMILES string of the molecule is Cc1cc(O[C@H](C)C(=O)Nc2ccccc2Cl)ccc1[N+](=O)[O-]. The second-order valence-electron chi connectivity index (χ2n) is 4.93. The first-order valence-corrected chi connectivity index (χ1v) is 7.23. The van der Waals surface area contributed by atoms with E-state index in [1.165, 1.54) is 18.2 Å². The van der Waals surface area contributed by atoms with Gasteiger partial charge in [-0.2, -0.15) is 0 Å². The maximum atomic E-state index is 12.1. The molecule has 6 nitrogen and oxygen atoms in total. The van der Waals surface area contributed by atoms with Crippen molar-refractivity contribution in [2.75, 3.05) is 5.32 Å². The summed E-state index contributed by atoms with van der Waals surface area (Å²) >= 11 is 5.98. The summed E-state index contributed by atoms with van der Waals surface area (Å²) in [7, 11) is 0. The van der Waals surface area contributed by atoms with Gasteiger partial charge in [-0.1, -0.05) is 23.7 Å². The van der Waals surface area contributed by atoms with Crippen molar-refractivity contribution in [3.8, 4) is 5.75 Å². The third-order valence-electron chi connectivity index (χ3n) is 3.18. The number of aryl methyl sites for hydroxylation is 1. The van der Waals surface area contributed by atoms with Crippen molar-refractivity contribution < 1.29 is 14.5 Å². The van der Waals surface area contributed by atoms with Gasteiger partial charge in [0.1, 0.15) is 5.75 Å². The van der Waals surface area contributed by atoms with Crippen molar-refractivity contribution in [1.29, 1.82) is 0 Å². The third kappa shape index (κ3) is 4.20. The van der Waals surface area contributed by atoms with E-state index in [1.807, 2.05) is 0 Å². The topological polar surface area (TPSA) is 81.5 Å². The lowest BCUT2D eigenvalue weighted by Crippen LogP contribution is -2.30. The van der Waals surface area contributed by atoms with Gasteiger partial charge in [-0.15, -0.1) is 0 Å². The number of carbonyl (C=O) groups excluding carboxylic acids is 1. The van der Waals surface area contributed by atoms with Crippen LogP contribution >= 0.6 is 11.6 Å². The Morgan fingerprint density at radius 3 is 2.61 bits per heavy atom. The molecule has 0 bridgehead atoms. The molecule has 2 rings (SSSR count). The molecule has 2 aromatic rings. The lowest BCUT2D eigenvalue weighted by Gasteiger charge is -2.15. The molecule has 0 saturated carbocycles. The number of rotatable bonds is 5. The van der Waals surface area contributed by atoms with Crippen LogP contribution in [0.15, 0.2) is 42.5 Å². The molecule has 7 heteroatoms. The van der Waals surface area contributed by atoms with Crippen LogP contribution in [0, 0.1) is 17.0 Å². The molecule has 2 aromatic carbocycles. The molecular weight excluding hydrogens is 320 g/mol. The minimum Gasteiger partial charge on any atom is -0.481 e. The number of hydrogen-bond donors (Lipinski definition) is 1. The number of halogens is 1. The highest BCUT2D eigenvalue weighted by Gasteiger charge is 2.17. The van der Waals surface area contributed by atoms with Crippen molar-refractivity contribution in [2.24, 2.45) is 0 Å². The van der Waals surface area contributed by atoms with Crippen LogP contribution < -0.4 is 10.1 Å². The quantitative estimate of drug-likeness (QED) is 0.662. The summed E-state index contributed by atoms with van der Waals surface area (Å²) in [4.78, 5) is 22.4. The lowest BCUT2D eigenvalue weighted by molar-refractivity contribution is -0.385. The Kier molecular flexibility index (Phi) is 5.18. The van der Waals surface area contributed by atoms with Crippen molar-refractivity contribution in [3.05, 3.63) is 63.2 Å². The van der Waals surface area contributed by atoms with Crippen LogP contribution in [0.5, 0.6) is 5.75 Å². The van der Waals surface area contributed by atoms with E-state index in [4.69, 9.17) is 16.3 Å². The van der Waals surface area contributed by atoms with Gasteiger partial charge in [0.05, 0.1) is 15.6 Å². The van der Waals surface area contributed by atoms with Gasteiger partial charge in [0.15, 0.2) is 6.10 Å². The Morgan fingerprint density at radius 1 is 1.30 bits per heavy atom. The third-order valence-corrected chi connectivity index (χ3v) is 3.51. The number of amides is 1. The van der Waals surface area contributed by atoms with Gasteiger partial charge in [-0.25, -0.2) is 0 Å². The minimum absolute atomic E-state index is 0.00511. The van der Waals surface area contributed by atoms with Gasteiger partial charge >= 0.3 is 0 Å². The number of nitrogens with one attached hydrogen (secondary N) is 1. The predicted molar refractivity (Wildman–Crippen MR) is 88.0 cm³/mol. The summed E-state index contributed by atoms with van der Waals surface area (Å²) in [5, 5.41) is 13.9. The standard InChI is InChI=1S/C16H15ClN2O4/c1-10-9-12(7-8-15(10)19(21)22)23-11(2)16(20)18-14-6-4-3-5-13(14)17/h3-9,11H,1-2H3,(H,18,20)/t11-/m1/s1. The first kappa shape index (κ1) is 16.8.